The third kappa shape index (κ3) is 4.73. The van der Waals surface area contributed by atoms with Gasteiger partial charge in [-0.25, -0.2) is 0 Å². The highest BCUT2D eigenvalue weighted by Gasteiger charge is 2.32. The molecular formula is C26H27N3O3. The van der Waals surface area contributed by atoms with E-state index in [9.17, 15) is 14.9 Å². The van der Waals surface area contributed by atoms with E-state index < -0.39 is 23.9 Å². The molecule has 0 spiro atoms. The predicted octanol–water partition coefficient (Wildman–Crippen LogP) is 4.48. The molecule has 6 heteroatoms. The van der Waals surface area contributed by atoms with Crippen LogP contribution in [0.4, 0.5) is 5.82 Å². The van der Waals surface area contributed by atoms with Gasteiger partial charge in [0.25, 0.3) is 5.91 Å². The molecule has 1 heterocycles. The first-order valence-electron chi connectivity index (χ1n) is 10.4. The van der Waals surface area contributed by atoms with Crippen molar-refractivity contribution in [1.29, 1.82) is 5.26 Å². The quantitative estimate of drug-likeness (QED) is 0.561. The van der Waals surface area contributed by atoms with E-state index in [1.807, 2.05) is 79.1 Å². The van der Waals surface area contributed by atoms with Crippen molar-refractivity contribution in [3.8, 4) is 6.07 Å². The highest BCUT2D eigenvalue weighted by molar-refractivity contribution is 5.94. The van der Waals surface area contributed by atoms with Crippen LogP contribution in [0.3, 0.4) is 0 Å². The van der Waals surface area contributed by atoms with Crippen LogP contribution < -0.4 is 5.32 Å². The molecule has 0 bridgehead atoms. The fourth-order valence-electron chi connectivity index (χ4n) is 3.55. The molecular weight excluding hydrogens is 402 g/mol. The molecule has 6 nitrogen and oxygen atoms in total. The average Bonchev–Trinajstić information content (AvgIpc) is 3.02. The van der Waals surface area contributed by atoms with E-state index in [4.69, 9.17) is 4.74 Å². The number of nitriles is 1. The highest BCUT2D eigenvalue weighted by Crippen LogP contribution is 2.28. The summed E-state index contributed by atoms with van der Waals surface area (Å²) in [6.07, 6.45) is 0. The molecule has 0 saturated heterocycles. The molecule has 0 aliphatic carbocycles. The number of carbonyl (C=O) groups excluding carboxylic acids is 2. The van der Waals surface area contributed by atoms with Gasteiger partial charge < -0.3 is 14.6 Å². The number of esters is 1. The lowest BCUT2D eigenvalue weighted by molar-refractivity contribution is -0.152. The molecule has 164 valence electrons. The van der Waals surface area contributed by atoms with Gasteiger partial charge in [0, 0.05) is 12.2 Å². The average molecular weight is 430 g/mol. The summed E-state index contributed by atoms with van der Waals surface area (Å²) in [5, 5.41) is 12.4. The van der Waals surface area contributed by atoms with Gasteiger partial charge in [0.15, 0.2) is 6.61 Å². The summed E-state index contributed by atoms with van der Waals surface area (Å²) in [6, 6.07) is 21.3. The number of nitrogens with one attached hydrogen (secondary N) is 1. The minimum atomic E-state index is -0.889. The van der Waals surface area contributed by atoms with Crippen LogP contribution in [0.25, 0.3) is 0 Å². The zero-order valence-corrected chi connectivity index (χ0v) is 18.8. The van der Waals surface area contributed by atoms with Crippen LogP contribution in [0.2, 0.25) is 0 Å². The Balaban J connectivity index is 1.75. The molecule has 0 aliphatic rings. The van der Waals surface area contributed by atoms with E-state index in [-0.39, 0.29) is 0 Å². The van der Waals surface area contributed by atoms with Gasteiger partial charge in [0.05, 0.1) is 11.0 Å². The maximum atomic E-state index is 12.7. The Labute approximate surface area is 188 Å². The topological polar surface area (TPSA) is 84.1 Å². The first-order chi connectivity index (χ1) is 15.3. The first kappa shape index (κ1) is 22.8. The fraction of sp³-hybridized carbons (Fsp3) is 0.269. The summed E-state index contributed by atoms with van der Waals surface area (Å²) in [6.45, 7) is 7.35. The molecule has 2 aromatic carbocycles. The van der Waals surface area contributed by atoms with E-state index in [1.54, 1.807) is 13.8 Å². The zero-order chi connectivity index (χ0) is 23.3. The number of benzene rings is 2. The number of amides is 1. The highest BCUT2D eigenvalue weighted by atomic mass is 16.5. The monoisotopic (exact) mass is 429 g/mol. The number of ether oxygens (including phenoxy) is 1. The van der Waals surface area contributed by atoms with Crippen molar-refractivity contribution in [3.05, 3.63) is 88.6 Å². The second-order valence-corrected chi connectivity index (χ2v) is 8.23. The summed E-state index contributed by atoms with van der Waals surface area (Å²) in [7, 11) is 0. The van der Waals surface area contributed by atoms with E-state index in [2.05, 4.69) is 11.4 Å². The van der Waals surface area contributed by atoms with Gasteiger partial charge in [-0.15, -0.1) is 0 Å². The summed E-state index contributed by atoms with van der Waals surface area (Å²) in [5.74, 6) is -0.577. The molecule has 1 N–H and O–H groups in total. The number of rotatable bonds is 7. The third-order valence-corrected chi connectivity index (χ3v) is 5.72. The van der Waals surface area contributed by atoms with Crippen LogP contribution in [0, 0.1) is 25.2 Å². The number of hydrogen-bond acceptors (Lipinski definition) is 4. The Kier molecular flexibility index (Phi) is 6.79. The number of anilines is 1. The lowest BCUT2D eigenvalue weighted by Crippen LogP contribution is -2.33. The summed E-state index contributed by atoms with van der Waals surface area (Å²) in [4.78, 5) is 25.3. The van der Waals surface area contributed by atoms with Crippen molar-refractivity contribution in [2.24, 2.45) is 0 Å². The summed E-state index contributed by atoms with van der Waals surface area (Å²) >= 11 is 0. The van der Waals surface area contributed by atoms with Gasteiger partial charge in [-0.2, -0.15) is 5.26 Å². The van der Waals surface area contributed by atoms with Gasteiger partial charge in [-0.05, 0) is 44.4 Å². The second kappa shape index (κ2) is 9.52. The van der Waals surface area contributed by atoms with Crippen molar-refractivity contribution in [1.82, 2.24) is 4.57 Å². The maximum absolute atomic E-state index is 12.7. The first-order valence-corrected chi connectivity index (χ1v) is 10.4. The second-order valence-electron chi connectivity index (χ2n) is 8.23. The molecule has 1 aromatic heterocycles. The Morgan fingerprint density at radius 1 is 1.03 bits per heavy atom. The van der Waals surface area contributed by atoms with Crippen LogP contribution in [0.5, 0.6) is 0 Å². The normalized spacial score (nSPS) is 11.0. The van der Waals surface area contributed by atoms with Gasteiger partial charge in [-0.3, -0.25) is 9.59 Å². The SMILES string of the molecule is Cc1c(C#N)c(NC(=O)COC(=O)C(C)(C)c2ccccc2)n(Cc2ccccc2)c1C. The van der Waals surface area contributed by atoms with Crippen LogP contribution in [0.15, 0.2) is 60.7 Å². The van der Waals surface area contributed by atoms with Crippen molar-refractivity contribution in [3.63, 3.8) is 0 Å². The van der Waals surface area contributed by atoms with Crippen molar-refractivity contribution in [2.45, 2.75) is 39.7 Å². The lowest BCUT2D eigenvalue weighted by Gasteiger charge is -2.23. The maximum Gasteiger partial charge on any atom is 0.316 e. The number of carbonyl (C=O) groups is 2. The molecule has 3 rings (SSSR count). The van der Waals surface area contributed by atoms with Crippen LogP contribution in [0.1, 0.15) is 41.8 Å². The van der Waals surface area contributed by atoms with Crippen LogP contribution in [-0.2, 0) is 26.3 Å². The predicted molar refractivity (Wildman–Crippen MR) is 123 cm³/mol. The summed E-state index contributed by atoms with van der Waals surface area (Å²) < 4.78 is 7.22. The van der Waals surface area contributed by atoms with E-state index >= 15 is 0 Å². The Hall–Kier alpha value is -3.85. The molecule has 0 radical (unpaired) electrons. The Morgan fingerprint density at radius 3 is 2.22 bits per heavy atom. The smallest absolute Gasteiger partial charge is 0.316 e. The van der Waals surface area contributed by atoms with Crippen LogP contribution >= 0.6 is 0 Å². The van der Waals surface area contributed by atoms with E-state index in [1.165, 1.54) is 0 Å². The van der Waals surface area contributed by atoms with Crippen molar-refractivity contribution in [2.75, 3.05) is 11.9 Å². The van der Waals surface area contributed by atoms with Gasteiger partial charge in [-0.1, -0.05) is 60.7 Å². The summed E-state index contributed by atoms with van der Waals surface area (Å²) in [5.41, 5.74) is 3.06. The molecule has 3 aromatic rings. The molecule has 0 saturated carbocycles. The van der Waals surface area contributed by atoms with E-state index in [0.29, 0.717) is 17.9 Å². The van der Waals surface area contributed by atoms with Gasteiger partial charge in [0.1, 0.15) is 11.9 Å². The minimum absolute atomic E-state index is 0.405. The molecule has 32 heavy (non-hydrogen) atoms. The van der Waals surface area contributed by atoms with E-state index in [0.717, 1.165) is 22.4 Å². The van der Waals surface area contributed by atoms with Crippen molar-refractivity contribution >= 4 is 17.7 Å². The number of hydrogen-bond donors (Lipinski definition) is 1. The fourth-order valence-corrected chi connectivity index (χ4v) is 3.55. The van der Waals surface area contributed by atoms with Gasteiger partial charge in [0.2, 0.25) is 0 Å². The molecule has 0 fully saturated rings. The molecule has 0 aliphatic heterocycles. The van der Waals surface area contributed by atoms with Gasteiger partial charge >= 0.3 is 5.97 Å². The Bertz CT molecular complexity index is 1160. The minimum Gasteiger partial charge on any atom is -0.455 e. The van der Waals surface area contributed by atoms with Crippen molar-refractivity contribution < 1.29 is 14.3 Å². The molecule has 1 amide bonds. The lowest BCUT2D eigenvalue weighted by atomic mass is 9.85. The Morgan fingerprint density at radius 2 is 1.62 bits per heavy atom. The number of nitrogens with zero attached hydrogens (tertiary/aromatic N) is 2. The zero-order valence-electron chi connectivity index (χ0n) is 18.8. The molecule has 0 atom stereocenters. The third-order valence-electron chi connectivity index (χ3n) is 5.72. The van der Waals surface area contributed by atoms with Crippen LogP contribution in [-0.4, -0.2) is 23.1 Å². The standard InChI is InChI=1S/C26H27N3O3/c1-18-19(2)29(16-20-11-7-5-8-12-20)24(22(18)15-27)28-23(30)17-32-25(31)26(3,4)21-13-9-6-10-14-21/h5-14H,16-17H2,1-4H3,(H,28,30). The number of aromatic nitrogens is 1. The largest absolute Gasteiger partial charge is 0.455 e. The molecule has 0 unspecified atom stereocenters.